The molecule has 0 amide bonds. The van der Waals surface area contributed by atoms with Crippen LogP contribution in [0.5, 0.6) is 5.75 Å². The van der Waals surface area contributed by atoms with Crippen LogP contribution < -0.4 is 4.74 Å². The van der Waals surface area contributed by atoms with Gasteiger partial charge in [0, 0.05) is 5.56 Å². The van der Waals surface area contributed by atoms with E-state index in [1.54, 1.807) is 6.07 Å². The number of Topliss-reactive ketones (excluding diaryl/α,β-unsaturated/α-hetero) is 1. The molecule has 1 heterocycles. The van der Waals surface area contributed by atoms with Crippen molar-refractivity contribution in [3.8, 4) is 5.75 Å². The van der Waals surface area contributed by atoms with Gasteiger partial charge >= 0.3 is 0 Å². The van der Waals surface area contributed by atoms with Gasteiger partial charge in [0.1, 0.15) is 5.75 Å². The van der Waals surface area contributed by atoms with Crippen LogP contribution in [-0.2, 0) is 0 Å². The highest BCUT2D eigenvalue weighted by Gasteiger charge is 2.14. The number of benzene rings is 1. The molecule has 0 saturated carbocycles. The minimum absolute atomic E-state index is 0.0182. The van der Waals surface area contributed by atoms with Gasteiger partial charge in [-0.05, 0) is 66.0 Å². The molecule has 0 aliphatic rings. The van der Waals surface area contributed by atoms with E-state index in [0.717, 1.165) is 12.0 Å². The van der Waals surface area contributed by atoms with Gasteiger partial charge in [0.15, 0.2) is 6.61 Å². The predicted octanol–water partition coefficient (Wildman–Crippen LogP) is 5.30. The molecule has 0 N–H and O–H groups in total. The van der Waals surface area contributed by atoms with Crippen LogP contribution in [0.2, 0.25) is 0 Å². The predicted molar refractivity (Wildman–Crippen MR) is 83.7 cm³/mol. The van der Waals surface area contributed by atoms with Gasteiger partial charge in [-0.1, -0.05) is 12.1 Å². The first-order chi connectivity index (χ1) is 8.58. The average Bonchev–Trinajstić information content (AvgIpc) is 2.67. The Morgan fingerprint density at radius 1 is 1.22 bits per heavy atom. The molecule has 0 spiro atoms. The van der Waals surface area contributed by atoms with E-state index in [9.17, 15) is 4.79 Å². The van der Waals surface area contributed by atoms with Crippen molar-refractivity contribution in [2.45, 2.75) is 0 Å². The summed E-state index contributed by atoms with van der Waals surface area (Å²) < 4.78 is 8.06. The zero-order chi connectivity index (χ0) is 13.1. The third-order valence-corrected chi connectivity index (χ3v) is 5.15. The topological polar surface area (TPSA) is 26.3 Å². The summed E-state index contributed by atoms with van der Waals surface area (Å²) >= 11 is 11.5. The number of carbonyl (C=O) groups is 1. The minimum atomic E-state index is -0.0559. The molecule has 94 valence electrons. The lowest BCUT2D eigenvalue weighted by Crippen LogP contribution is -2.11. The van der Waals surface area contributed by atoms with Crippen LogP contribution >= 0.6 is 59.1 Å². The first-order valence-electron chi connectivity index (χ1n) is 4.93. The van der Waals surface area contributed by atoms with E-state index in [0.29, 0.717) is 11.3 Å². The quantitative estimate of drug-likeness (QED) is 0.586. The Morgan fingerprint density at radius 2 is 1.94 bits per heavy atom. The molecule has 2 aromatic rings. The number of ether oxygens (including phenoxy) is 1. The molecule has 0 aliphatic carbocycles. The van der Waals surface area contributed by atoms with Gasteiger partial charge in [0.2, 0.25) is 5.78 Å². The van der Waals surface area contributed by atoms with Crippen molar-refractivity contribution in [1.82, 2.24) is 0 Å². The van der Waals surface area contributed by atoms with E-state index in [1.165, 1.54) is 11.3 Å². The van der Waals surface area contributed by atoms with Gasteiger partial charge in [-0.2, -0.15) is 0 Å². The summed E-state index contributed by atoms with van der Waals surface area (Å²) in [6.07, 6.45) is 0. The molecule has 0 aliphatic heterocycles. The molecule has 0 unspecified atom stereocenters. The second kappa shape index (κ2) is 6.32. The molecule has 1 aromatic heterocycles. The monoisotopic (exact) mass is 452 g/mol. The molecular weight excluding hydrogens is 448 g/mol. The fourth-order valence-corrected chi connectivity index (χ4v) is 4.57. The van der Waals surface area contributed by atoms with E-state index in [4.69, 9.17) is 4.74 Å². The number of ketones is 1. The van der Waals surface area contributed by atoms with Crippen molar-refractivity contribution in [2.24, 2.45) is 0 Å². The molecule has 0 atom stereocenters. The average molecular weight is 455 g/mol. The number of thiophene rings is 1. The highest BCUT2D eigenvalue weighted by molar-refractivity contribution is 9.12. The Labute approximate surface area is 134 Å². The number of rotatable bonds is 4. The maximum Gasteiger partial charge on any atom is 0.202 e. The number of halogens is 3. The van der Waals surface area contributed by atoms with Crippen LogP contribution in [-0.4, -0.2) is 12.4 Å². The summed E-state index contributed by atoms with van der Waals surface area (Å²) in [6.45, 7) is 0.0182. The standard InChI is InChI=1S/C12H7Br3O2S/c13-8-3-1-2-4-10(8)17-6-9(16)7-5-11(14)18-12(7)15/h1-5H,6H2. The highest BCUT2D eigenvalue weighted by Crippen LogP contribution is 2.32. The third kappa shape index (κ3) is 3.44. The number of para-hydroxylation sites is 1. The van der Waals surface area contributed by atoms with Gasteiger partial charge in [0.05, 0.1) is 12.0 Å². The van der Waals surface area contributed by atoms with E-state index in [-0.39, 0.29) is 12.4 Å². The summed E-state index contributed by atoms with van der Waals surface area (Å²) in [7, 11) is 0. The van der Waals surface area contributed by atoms with Crippen LogP contribution in [0.25, 0.3) is 0 Å². The van der Waals surface area contributed by atoms with Crippen molar-refractivity contribution < 1.29 is 9.53 Å². The zero-order valence-corrected chi connectivity index (χ0v) is 14.5. The lowest BCUT2D eigenvalue weighted by atomic mass is 10.2. The van der Waals surface area contributed by atoms with Crippen molar-refractivity contribution in [2.75, 3.05) is 6.61 Å². The molecule has 6 heteroatoms. The van der Waals surface area contributed by atoms with Crippen LogP contribution in [0.15, 0.2) is 42.4 Å². The molecule has 2 rings (SSSR count). The first-order valence-corrected chi connectivity index (χ1v) is 8.13. The van der Waals surface area contributed by atoms with Gasteiger partial charge < -0.3 is 4.74 Å². The Balaban J connectivity index is 2.05. The van der Waals surface area contributed by atoms with Crippen molar-refractivity contribution in [3.63, 3.8) is 0 Å². The fraction of sp³-hybridized carbons (Fsp3) is 0.0833. The zero-order valence-electron chi connectivity index (χ0n) is 8.95. The molecule has 2 nitrogen and oxygen atoms in total. The summed E-state index contributed by atoms with van der Waals surface area (Å²) in [5.74, 6) is 0.607. The lowest BCUT2D eigenvalue weighted by Gasteiger charge is -2.06. The molecule has 1 aromatic carbocycles. The van der Waals surface area contributed by atoms with Gasteiger partial charge in [-0.15, -0.1) is 11.3 Å². The van der Waals surface area contributed by atoms with Crippen molar-refractivity contribution >= 4 is 64.9 Å². The molecule has 0 bridgehead atoms. The Morgan fingerprint density at radius 3 is 2.56 bits per heavy atom. The summed E-state index contributed by atoms with van der Waals surface area (Å²) in [5, 5.41) is 0. The number of carbonyl (C=O) groups excluding carboxylic acids is 1. The lowest BCUT2D eigenvalue weighted by molar-refractivity contribution is 0.0921. The summed E-state index contributed by atoms with van der Waals surface area (Å²) in [4.78, 5) is 12.0. The van der Waals surface area contributed by atoms with Crippen LogP contribution in [0.4, 0.5) is 0 Å². The highest BCUT2D eigenvalue weighted by atomic mass is 79.9. The van der Waals surface area contributed by atoms with E-state index < -0.39 is 0 Å². The molecule has 0 radical (unpaired) electrons. The van der Waals surface area contributed by atoms with E-state index >= 15 is 0 Å². The molecule has 0 fully saturated rings. The third-order valence-electron chi connectivity index (χ3n) is 2.15. The maximum absolute atomic E-state index is 12.0. The Bertz CT molecular complexity index is 580. The maximum atomic E-state index is 12.0. The van der Waals surface area contributed by atoms with Crippen molar-refractivity contribution in [1.29, 1.82) is 0 Å². The van der Waals surface area contributed by atoms with E-state index in [2.05, 4.69) is 47.8 Å². The van der Waals surface area contributed by atoms with Crippen LogP contribution in [0, 0.1) is 0 Å². The Hall–Kier alpha value is -0.170. The minimum Gasteiger partial charge on any atom is -0.484 e. The van der Waals surface area contributed by atoms with Crippen LogP contribution in [0.3, 0.4) is 0 Å². The van der Waals surface area contributed by atoms with Crippen LogP contribution in [0.1, 0.15) is 10.4 Å². The first kappa shape index (κ1) is 14.2. The van der Waals surface area contributed by atoms with Gasteiger partial charge in [-0.3, -0.25) is 4.79 Å². The van der Waals surface area contributed by atoms with Gasteiger partial charge in [-0.25, -0.2) is 0 Å². The molecule has 18 heavy (non-hydrogen) atoms. The second-order valence-corrected chi connectivity index (χ2v) is 7.98. The normalized spacial score (nSPS) is 10.4. The number of hydrogen-bond acceptors (Lipinski definition) is 3. The van der Waals surface area contributed by atoms with Crippen molar-refractivity contribution in [3.05, 3.63) is 47.9 Å². The second-order valence-electron chi connectivity index (χ2n) is 3.38. The largest absolute Gasteiger partial charge is 0.484 e. The molecular formula is C12H7Br3O2S. The summed E-state index contributed by atoms with van der Waals surface area (Å²) in [5.41, 5.74) is 0.638. The summed E-state index contributed by atoms with van der Waals surface area (Å²) in [6, 6.07) is 9.24. The smallest absolute Gasteiger partial charge is 0.202 e. The Kier molecular flexibility index (Phi) is 5.00. The van der Waals surface area contributed by atoms with Gasteiger partial charge in [0.25, 0.3) is 0 Å². The fourth-order valence-electron chi connectivity index (χ4n) is 1.31. The van der Waals surface area contributed by atoms with E-state index in [1.807, 2.05) is 24.3 Å². The SMILES string of the molecule is O=C(COc1ccccc1Br)c1cc(Br)sc1Br. The number of hydrogen-bond donors (Lipinski definition) is 0. The molecule has 0 saturated heterocycles.